The van der Waals surface area contributed by atoms with Crippen LogP contribution in [0, 0.1) is 6.92 Å². The van der Waals surface area contributed by atoms with Crippen molar-refractivity contribution >= 4 is 11.6 Å². The Morgan fingerprint density at radius 3 is 2.83 bits per heavy atom. The summed E-state index contributed by atoms with van der Waals surface area (Å²) in [5.41, 5.74) is 3.25. The Kier molecular flexibility index (Phi) is 4.18. The highest BCUT2D eigenvalue weighted by Crippen LogP contribution is 2.23. The number of halogens is 1. The molecule has 1 aromatic heterocycles. The third kappa shape index (κ3) is 3.22. The zero-order chi connectivity index (χ0) is 13.0. The average molecular weight is 263 g/mol. The van der Waals surface area contributed by atoms with Gasteiger partial charge < -0.3 is 10.4 Å². The summed E-state index contributed by atoms with van der Waals surface area (Å²) in [5.74, 6) is 0.112. The van der Waals surface area contributed by atoms with E-state index in [9.17, 15) is 5.11 Å². The standard InChI is InChI=1S/C14H15ClN2O/c1-10-3-2-6-17-13(10)9-16-8-11-4-5-14(18)12(15)7-11/h2-7,16,18H,8-9H2,1H3. The Labute approximate surface area is 111 Å². The summed E-state index contributed by atoms with van der Waals surface area (Å²) in [6, 6.07) is 9.18. The Balaban J connectivity index is 1.92. The van der Waals surface area contributed by atoms with E-state index in [2.05, 4.69) is 10.3 Å². The topological polar surface area (TPSA) is 45.2 Å². The van der Waals surface area contributed by atoms with Crippen LogP contribution in [-0.2, 0) is 13.1 Å². The summed E-state index contributed by atoms with van der Waals surface area (Å²) in [5, 5.41) is 13.0. The van der Waals surface area contributed by atoms with Crippen LogP contribution in [0.15, 0.2) is 36.5 Å². The Morgan fingerprint density at radius 2 is 2.11 bits per heavy atom. The number of phenols is 1. The fourth-order valence-electron chi connectivity index (χ4n) is 1.69. The molecular formula is C14H15ClN2O. The van der Waals surface area contributed by atoms with Gasteiger partial charge in [0.25, 0.3) is 0 Å². The van der Waals surface area contributed by atoms with Gasteiger partial charge in [0, 0.05) is 19.3 Å². The van der Waals surface area contributed by atoms with E-state index in [0.717, 1.165) is 11.3 Å². The van der Waals surface area contributed by atoms with Gasteiger partial charge in [0.05, 0.1) is 10.7 Å². The van der Waals surface area contributed by atoms with Crippen molar-refractivity contribution in [2.45, 2.75) is 20.0 Å². The highest BCUT2D eigenvalue weighted by molar-refractivity contribution is 6.32. The van der Waals surface area contributed by atoms with E-state index < -0.39 is 0 Å². The number of nitrogens with zero attached hydrogens (tertiary/aromatic N) is 1. The van der Waals surface area contributed by atoms with Gasteiger partial charge in [-0.3, -0.25) is 4.98 Å². The first-order valence-corrected chi connectivity index (χ1v) is 6.13. The number of aromatic nitrogens is 1. The zero-order valence-electron chi connectivity index (χ0n) is 10.2. The molecule has 0 saturated carbocycles. The first-order valence-electron chi connectivity index (χ1n) is 5.75. The van der Waals surface area contributed by atoms with Crippen LogP contribution in [0.4, 0.5) is 0 Å². The predicted octanol–water partition coefficient (Wildman–Crippen LogP) is 3.04. The van der Waals surface area contributed by atoms with Crippen molar-refractivity contribution in [3.63, 3.8) is 0 Å². The van der Waals surface area contributed by atoms with Gasteiger partial charge in [0.1, 0.15) is 5.75 Å². The van der Waals surface area contributed by atoms with Crippen molar-refractivity contribution in [3.8, 4) is 5.75 Å². The maximum absolute atomic E-state index is 9.32. The molecule has 2 N–H and O–H groups in total. The van der Waals surface area contributed by atoms with Crippen LogP contribution >= 0.6 is 11.6 Å². The molecule has 0 aliphatic carbocycles. The Bertz CT molecular complexity index is 543. The quantitative estimate of drug-likeness (QED) is 0.890. The molecule has 0 radical (unpaired) electrons. The molecule has 0 fully saturated rings. The molecule has 0 aliphatic rings. The fraction of sp³-hybridized carbons (Fsp3) is 0.214. The summed E-state index contributed by atoms with van der Waals surface area (Å²) in [4.78, 5) is 4.31. The predicted molar refractivity (Wildman–Crippen MR) is 72.6 cm³/mol. The SMILES string of the molecule is Cc1cccnc1CNCc1ccc(O)c(Cl)c1. The van der Waals surface area contributed by atoms with Gasteiger partial charge in [-0.2, -0.15) is 0 Å². The van der Waals surface area contributed by atoms with E-state index in [1.54, 1.807) is 18.3 Å². The number of pyridine rings is 1. The maximum atomic E-state index is 9.32. The van der Waals surface area contributed by atoms with E-state index >= 15 is 0 Å². The minimum Gasteiger partial charge on any atom is -0.506 e. The fourth-order valence-corrected chi connectivity index (χ4v) is 1.89. The lowest BCUT2D eigenvalue weighted by molar-refractivity contribution is 0.475. The molecule has 0 aliphatic heterocycles. The van der Waals surface area contributed by atoms with Crippen LogP contribution in [-0.4, -0.2) is 10.1 Å². The summed E-state index contributed by atoms with van der Waals surface area (Å²) < 4.78 is 0. The lowest BCUT2D eigenvalue weighted by atomic mass is 10.2. The van der Waals surface area contributed by atoms with E-state index in [1.807, 2.05) is 25.1 Å². The van der Waals surface area contributed by atoms with Crippen LogP contribution in [0.3, 0.4) is 0 Å². The highest BCUT2D eigenvalue weighted by atomic mass is 35.5. The van der Waals surface area contributed by atoms with Gasteiger partial charge in [-0.15, -0.1) is 0 Å². The lowest BCUT2D eigenvalue weighted by Gasteiger charge is -2.07. The number of aryl methyl sites for hydroxylation is 1. The molecule has 0 amide bonds. The molecule has 1 heterocycles. The molecule has 0 unspecified atom stereocenters. The molecule has 4 heteroatoms. The molecule has 0 atom stereocenters. The molecule has 2 rings (SSSR count). The van der Waals surface area contributed by atoms with Gasteiger partial charge >= 0.3 is 0 Å². The normalized spacial score (nSPS) is 10.6. The number of hydrogen-bond acceptors (Lipinski definition) is 3. The minimum atomic E-state index is 0.112. The van der Waals surface area contributed by atoms with E-state index in [1.165, 1.54) is 5.56 Å². The van der Waals surface area contributed by atoms with Crippen molar-refractivity contribution < 1.29 is 5.11 Å². The largest absolute Gasteiger partial charge is 0.506 e. The number of aromatic hydroxyl groups is 1. The molecule has 18 heavy (non-hydrogen) atoms. The summed E-state index contributed by atoms with van der Waals surface area (Å²) >= 11 is 5.84. The molecule has 0 bridgehead atoms. The summed E-state index contributed by atoms with van der Waals surface area (Å²) in [7, 11) is 0. The van der Waals surface area contributed by atoms with Crippen LogP contribution in [0.1, 0.15) is 16.8 Å². The van der Waals surface area contributed by atoms with Crippen LogP contribution in [0.2, 0.25) is 5.02 Å². The molecule has 0 spiro atoms. The summed E-state index contributed by atoms with van der Waals surface area (Å²) in [6.07, 6.45) is 1.79. The number of nitrogens with one attached hydrogen (secondary N) is 1. The number of hydrogen-bond donors (Lipinski definition) is 2. The van der Waals surface area contributed by atoms with Crippen molar-refractivity contribution in [3.05, 3.63) is 58.4 Å². The number of benzene rings is 1. The zero-order valence-corrected chi connectivity index (χ0v) is 10.9. The average Bonchev–Trinajstić information content (AvgIpc) is 2.36. The minimum absolute atomic E-state index is 0.112. The van der Waals surface area contributed by atoms with Crippen molar-refractivity contribution in [2.75, 3.05) is 0 Å². The Hall–Kier alpha value is -1.58. The van der Waals surface area contributed by atoms with Gasteiger partial charge in [-0.1, -0.05) is 23.7 Å². The Morgan fingerprint density at radius 1 is 1.28 bits per heavy atom. The van der Waals surface area contributed by atoms with Crippen molar-refractivity contribution in [1.82, 2.24) is 10.3 Å². The lowest BCUT2D eigenvalue weighted by Crippen LogP contribution is -2.14. The molecule has 94 valence electrons. The van der Waals surface area contributed by atoms with Gasteiger partial charge in [-0.05, 0) is 36.2 Å². The molecule has 2 aromatic rings. The van der Waals surface area contributed by atoms with Crippen LogP contribution in [0.25, 0.3) is 0 Å². The second-order valence-electron chi connectivity index (χ2n) is 4.16. The number of phenolic OH excluding ortho intramolecular Hbond substituents is 1. The molecular weight excluding hydrogens is 248 g/mol. The molecule has 3 nitrogen and oxygen atoms in total. The van der Waals surface area contributed by atoms with E-state index in [-0.39, 0.29) is 5.75 Å². The van der Waals surface area contributed by atoms with E-state index in [0.29, 0.717) is 18.1 Å². The second kappa shape index (κ2) is 5.85. The maximum Gasteiger partial charge on any atom is 0.134 e. The van der Waals surface area contributed by atoms with Crippen LogP contribution < -0.4 is 5.32 Å². The molecule has 0 saturated heterocycles. The van der Waals surface area contributed by atoms with Crippen molar-refractivity contribution in [1.29, 1.82) is 0 Å². The van der Waals surface area contributed by atoms with Gasteiger partial charge in [-0.25, -0.2) is 0 Å². The third-order valence-corrected chi connectivity index (χ3v) is 3.05. The van der Waals surface area contributed by atoms with E-state index in [4.69, 9.17) is 11.6 Å². The smallest absolute Gasteiger partial charge is 0.134 e. The van der Waals surface area contributed by atoms with Crippen LogP contribution in [0.5, 0.6) is 5.75 Å². The van der Waals surface area contributed by atoms with Gasteiger partial charge in [0.2, 0.25) is 0 Å². The first kappa shape index (κ1) is 12.9. The van der Waals surface area contributed by atoms with Gasteiger partial charge in [0.15, 0.2) is 0 Å². The highest BCUT2D eigenvalue weighted by Gasteiger charge is 2.01. The summed E-state index contributed by atoms with van der Waals surface area (Å²) in [6.45, 7) is 3.45. The number of rotatable bonds is 4. The second-order valence-corrected chi connectivity index (χ2v) is 4.56. The first-order chi connectivity index (χ1) is 8.66. The third-order valence-electron chi connectivity index (χ3n) is 2.75. The molecule has 1 aromatic carbocycles. The van der Waals surface area contributed by atoms with Crippen molar-refractivity contribution in [2.24, 2.45) is 0 Å². The monoisotopic (exact) mass is 262 g/mol.